The standard InChI is InChI=1S/C14H17BrN2S/c1-18-14(11-16)6-8-17(9-7-14)10-12-2-4-13(15)5-3-12/h2-5H,6-10H2,1H3. The van der Waals surface area contributed by atoms with E-state index in [1.807, 2.05) is 6.26 Å². The molecule has 0 aliphatic carbocycles. The van der Waals surface area contributed by atoms with E-state index in [2.05, 4.69) is 51.2 Å². The Morgan fingerprint density at radius 2 is 1.94 bits per heavy atom. The number of nitriles is 1. The van der Waals surface area contributed by atoms with Crippen LogP contribution in [0.1, 0.15) is 18.4 Å². The lowest BCUT2D eigenvalue weighted by Gasteiger charge is -2.36. The van der Waals surface area contributed by atoms with Crippen LogP contribution in [0, 0.1) is 11.3 Å². The van der Waals surface area contributed by atoms with Crippen LogP contribution in [0.2, 0.25) is 0 Å². The van der Waals surface area contributed by atoms with Crippen molar-refractivity contribution in [2.45, 2.75) is 24.1 Å². The predicted octanol–water partition coefficient (Wildman–Crippen LogP) is 3.67. The van der Waals surface area contributed by atoms with Crippen LogP contribution in [0.25, 0.3) is 0 Å². The second-order valence-electron chi connectivity index (χ2n) is 4.71. The number of likely N-dealkylation sites (tertiary alicyclic amines) is 1. The molecule has 0 aromatic heterocycles. The topological polar surface area (TPSA) is 27.0 Å². The van der Waals surface area contributed by atoms with Gasteiger partial charge in [0.15, 0.2) is 0 Å². The minimum atomic E-state index is -0.143. The second-order valence-corrected chi connectivity index (χ2v) is 6.82. The van der Waals surface area contributed by atoms with Crippen LogP contribution in [0.3, 0.4) is 0 Å². The molecule has 96 valence electrons. The summed E-state index contributed by atoms with van der Waals surface area (Å²) in [6, 6.07) is 11.0. The highest BCUT2D eigenvalue weighted by atomic mass is 79.9. The van der Waals surface area contributed by atoms with E-state index in [9.17, 15) is 5.26 Å². The summed E-state index contributed by atoms with van der Waals surface area (Å²) in [6.07, 6.45) is 4.00. The summed E-state index contributed by atoms with van der Waals surface area (Å²) in [6.45, 7) is 3.03. The van der Waals surface area contributed by atoms with Crippen molar-refractivity contribution in [3.05, 3.63) is 34.3 Å². The maximum Gasteiger partial charge on any atom is 0.104 e. The first kappa shape index (κ1) is 13.9. The Morgan fingerprint density at radius 1 is 1.33 bits per heavy atom. The monoisotopic (exact) mass is 324 g/mol. The van der Waals surface area contributed by atoms with Crippen LogP contribution >= 0.6 is 27.7 Å². The van der Waals surface area contributed by atoms with Crippen LogP contribution in [-0.4, -0.2) is 29.0 Å². The molecular weight excluding hydrogens is 308 g/mol. The first-order chi connectivity index (χ1) is 8.67. The van der Waals surface area contributed by atoms with Gasteiger partial charge < -0.3 is 0 Å². The molecule has 0 spiro atoms. The molecule has 1 aromatic rings. The zero-order chi connectivity index (χ0) is 13.0. The van der Waals surface area contributed by atoms with Crippen molar-refractivity contribution < 1.29 is 0 Å². The summed E-state index contributed by atoms with van der Waals surface area (Å²) in [5, 5.41) is 9.25. The van der Waals surface area contributed by atoms with E-state index in [4.69, 9.17) is 0 Å². The van der Waals surface area contributed by atoms with Gasteiger partial charge in [0.2, 0.25) is 0 Å². The highest BCUT2D eigenvalue weighted by molar-refractivity contribution is 9.10. The van der Waals surface area contributed by atoms with Gasteiger partial charge in [0.25, 0.3) is 0 Å². The Bertz CT molecular complexity index is 430. The molecular formula is C14H17BrN2S. The molecule has 0 saturated carbocycles. The molecule has 1 heterocycles. The molecule has 2 nitrogen and oxygen atoms in total. The number of hydrogen-bond acceptors (Lipinski definition) is 3. The summed E-state index contributed by atoms with van der Waals surface area (Å²) in [4.78, 5) is 2.44. The zero-order valence-corrected chi connectivity index (χ0v) is 12.9. The van der Waals surface area contributed by atoms with Gasteiger partial charge in [-0.05, 0) is 36.8 Å². The van der Waals surface area contributed by atoms with E-state index >= 15 is 0 Å². The molecule has 18 heavy (non-hydrogen) atoms. The fourth-order valence-electron chi connectivity index (χ4n) is 2.28. The number of nitrogens with zero attached hydrogens (tertiary/aromatic N) is 2. The average molecular weight is 325 g/mol. The zero-order valence-electron chi connectivity index (χ0n) is 10.5. The van der Waals surface area contributed by atoms with Crippen molar-refractivity contribution in [3.63, 3.8) is 0 Å². The third kappa shape index (κ3) is 3.28. The lowest BCUT2D eigenvalue weighted by molar-refractivity contribution is 0.209. The largest absolute Gasteiger partial charge is 0.299 e. The van der Waals surface area contributed by atoms with E-state index in [0.717, 1.165) is 36.9 Å². The lowest BCUT2D eigenvalue weighted by atomic mass is 9.97. The first-order valence-electron chi connectivity index (χ1n) is 6.11. The molecule has 1 aliphatic rings. The van der Waals surface area contributed by atoms with E-state index in [-0.39, 0.29) is 4.75 Å². The highest BCUT2D eigenvalue weighted by Gasteiger charge is 2.33. The fourth-order valence-corrected chi connectivity index (χ4v) is 3.23. The van der Waals surface area contributed by atoms with Gasteiger partial charge in [-0.3, -0.25) is 4.90 Å². The highest BCUT2D eigenvalue weighted by Crippen LogP contribution is 2.34. The van der Waals surface area contributed by atoms with Gasteiger partial charge in [-0.2, -0.15) is 5.26 Å². The van der Waals surface area contributed by atoms with Crippen LogP contribution in [-0.2, 0) is 6.54 Å². The SMILES string of the molecule is CSC1(C#N)CCN(Cc2ccc(Br)cc2)CC1. The molecule has 0 radical (unpaired) electrons. The van der Waals surface area contributed by atoms with Gasteiger partial charge >= 0.3 is 0 Å². The molecule has 0 unspecified atom stereocenters. The molecule has 4 heteroatoms. The summed E-state index contributed by atoms with van der Waals surface area (Å²) in [7, 11) is 0. The number of thioether (sulfide) groups is 1. The molecule has 1 saturated heterocycles. The Hall–Kier alpha value is -0.500. The van der Waals surface area contributed by atoms with Crippen molar-refractivity contribution in [1.82, 2.24) is 4.90 Å². The van der Waals surface area contributed by atoms with E-state index in [0.29, 0.717) is 0 Å². The molecule has 1 aliphatic heterocycles. The number of benzene rings is 1. The number of rotatable bonds is 3. The average Bonchev–Trinajstić information content (AvgIpc) is 2.43. The van der Waals surface area contributed by atoms with Crippen LogP contribution in [0.5, 0.6) is 0 Å². The Labute approximate surface area is 121 Å². The lowest BCUT2D eigenvalue weighted by Crippen LogP contribution is -2.41. The molecule has 1 aromatic carbocycles. The molecule has 0 N–H and O–H groups in total. The second kappa shape index (κ2) is 6.10. The number of piperidine rings is 1. The van der Waals surface area contributed by atoms with Gasteiger partial charge in [-0.1, -0.05) is 28.1 Å². The van der Waals surface area contributed by atoms with Crippen molar-refractivity contribution in [1.29, 1.82) is 5.26 Å². The summed E-state index contributed by atoms with van der Waals surface area (Å²) in [5.41, 5.74) is 1.34. The maximum absolute atomic E-state index is 9.25. The normalized spacial score (nSPS) is 19.4. The minimum absolute atomic E-state index is 0.143. The molecule has 0 atom stereocenters. The fraction of sp³-hybridized carbons (Fsp3) is 0.500. The van der Waals surface area contributed by atoms with Gasteiger partial charge in [0.1, 0.15) is 4.75 Å². The van der Waals surface area contributed by atoms with Crippen molar-refractivity contribution in [3.8, 4) is 6.07 Å². The quantitative estimate of drug-likeness (QED) is 0.848. The Balaban J connectivity index is 1.91. The molecule has 1 fully saturated rings. The Kier molecular flexibility index (Phi) is 4.71. The molecule has 0 bridgehead atoms. The van der Waals surface area contributed by atoms with Gasteiger partial charge in [0.05, 0.1) is 6.07 Å². The Morgan fingerprint density at radius 3 is 2.44 bits per heavy atom. The van der Waals surface area contributed by atoms with Crippen molar-refractivity contribution >= 4 is 27.7 Å². The van der Waals surface area contributed by atoms with Gasteiger partial charge in [-0.15, -0.1) is 11.8 Å². The smallest absolute Gasteiger partial charge is 0.104 e. The third-order valence-corrected chi connectivity index (χ3v) is 5.39. The number of halogens is 1. The summed E-state index contributed by atoms with van der Waals surface area (Å²) >= 11 is 5.16. The van der Waals surface area contributed by atoms with Crippen LogP contribution in [0.4, 0.5) is 0 Å². The molecule has 0 amide bonds. The maximum atomic E-state index is 9.25. The van der Waals surface area contributed by atoms with Crippen LogP contribution in [0.15, 0.2) is 28.7 Å². The van der Waals surface area contributed by atoms with Crippen molar-refractivity contribution in [2.24, 2.45) is 0 Å². The van der Waals surface area contributed by atoms with Gasteiger partial charge in [-0.25, -0.2) is 0 Å². The predicted molar refractivity (Wildman–Crippen MR) is 80.5 cm³/mol. The van der Waals surface area contributed by atoms with E-state index < -0.39 is 0 Å². The van der Waals surface area contributed by atoms with Crippen molar-refractivity contribution in [2.75, 3.05) is 19.3 Å². The summed E-state index contributed by atoms with van der Waals surface area (Å²) in [5.74, 6) is 0. The van der Waals surface area contributed by atoms with E-state index in [1.54, 1.807) is 11.8 Å². The minimum Gasteiger partial charge on any atom is -0.299 e. The number of hydrogen-bond donors (Lipinski definition) is 0. The third-order valence-electron chi connectivity index (χ3n) is 3.58. The summed E-state index contributed by atoms with van der Waals surface area (Å²) < 4.78 is 0.978. The van der Waals surface area contributed by atoms with E-state index in [1.165, 1.54) is 5.56 Å². The van der Waals surface area contributed by atoms with Crippen LogP contribution < -0.4 is 0 Å². The molecule has 2 rings (SSSR count). The van der Waals surface area contributed by atoms with Gasteiger partial charge in [0, 0.05) is 24.1 Å². The first-order valence-corrected chi connectivity index (χ1v) is 8.12.